The SMILES string of the molecule is C=CC1=C(C(=O)OC(C)OC(=O)OCC)N2C(=O)C(NC(=O)C(=NOC(c3ccccc3)(c3ccccc3)c3ccccc3)c3csc(N)n3)[C@@H]2SC1. The summed E-state index contributed by atoms with van der Waals surface area (Å²) in [7, 11) is 0. The number of nitrogens with zero attached hydrogens (tertiary/aromatic N) is 3. The van der Waals surface area contributed by atoms with Gasteiger partial charge in [-0.15, -0.1) is 23.1 Å². The highest BCUT2D eigenvalue weighted by molar-refractivity contribution is 8.00. The molecule has 0 aliphatic carbocycles. The smallest absolute Gasteiger partial charge is 0.435 e. The van der Waals surface area contributed by atoms with Gasteiger partial charge in [-0.25, -0.2) is 14.6 Å². The van der Waals surface area contributed by atoms with Crippen LogP contribution in [0.4, 0.5) is 9.93 Å². The zero-order valence-electron chi connectivity index (χ0n) is 28.7. The average molecular weight is 754 g/mol. The van der Waals surface area contributed by atoms with E-state index in [-0.39, 0.29) is 34.6 Å². The van der Waals surface area contributed by atoms with Crippen molar-refractivity contribution in [1.82, 2.24) is 15.2 Å². The number of nitrogens with two attached hydrogens (primary N) is 1. The number of thiazole rings is 1. The fourth-order valence-electron chi connectivity index (χ4n) is 5.91. The molecular weight excluding hydrogens is 719 g/mol. The normalized spacial score (nSPS) is 17.5. The van der Waals surface area contributed by atoms with Gasteiger partial charge in [0.2, 0.25) is 11.9 Å². The van der Waals surface area contributed by atoms with Gasteiger partial charge in [-0.1, -0.05) is 109 Å². The van der Waals surface area contributed by atoms with Crippen LogP contribution >= 0.6 is 23.1 Å². The van der Waals surface area contributed by atoms with Crippen LogP contribution in [0.15, 0.2) is 125 Å². The van der Waals surface area contributed by atoms with Gasteiger partial charge in [0, 0.05) is 34.7 Å². The summed E-state index contributed by atoms with van der Waals surface area (Å²) in [5.74, 6) is -1.96. The van der Waals surface area contributed by atoms with Gasteiger partial charge in [0.15, 0.2) is 10.8 Å². The lowest BCUT2D eigenvalue weighted by Crippen LogP contribution is -2.71. The third-order valence-corrected chi connectivity index (χ3v) is 10.3. The van der Waals surface area contributed by atoms with E-state index in [0.717, 1.165) is 28.0 Å². The quantitative estimate of drug-likeness (QED) is 0.0451. The molecule has 0 spiro atoms. The number of anilines is 1. The van der Waals surface area contributed by atoms with Gasteiger partial charge in [0.25, 0.3) is 11.8 Å². The first-order valence-corrected chi connectivity index (χ1v) is 18.4. The van der Waals surface area contributed by atoms with Crippen LogP contribution in [0, 0.1) is 0 Å². The van der Waals surface area contributed by atoms with Crippen LogP contribution in [0.1, 0.15) is 36.2 Å². The Labute approximate surface area is 313 Å². The Morgan fingerprint density at radius 3 is 2.11 bits per heavy atom. The fraction of sp³-hybridized carbons (Fsp3) is 0.211. The number of benzene rings is 3. The first kappa shape index (κ1) is 36.8. The molecule has 0 radical (unpaired) electrons. The van der Waals surface area contributed by atoms with Crippen molar-refractivity contribution in [1.29, 1.82) is 0 Å². The zero-order chi connectivity index (χ0) is 37.5. The van der Waals surface area contributed by atoms with Crippen LogP contribution in [0.5, 0.6) is 0 Å². The molecule has 2 amide bonds. The lowest BCUT2D eigenvalue weighted by molar-refractivity contribution is -0.168. The van der Waals surface area contributed by atoms with E-state index in [1.165, 1.54) is 29.7 Å². The molecule has 272 valence electrons. The van der Waals surface area contributed by atoms with Gasteiger partial charge in [-0.3, -0.25) is 14.5 Å². The molecule has 3 N–H and O–H groups in total. The molecule has 15 heteroatoms. The summed E-state index contributed by atoms with van der Waals surface area (Å²) in [6.07, 6.45) is -0.870. The summed E-state index contributed by atoms with van der Waals surface area (Å²) < 4.78 is 15.0. The number of β-lactam (4-membered cyclic amide) rings is 1. The number of hydrogen-bond acceptors (Lipinski definition) is 13. The van der Waals surface area contributed by atoms with Crippen LogP contribution in [0.3, 0.4) is 0 Å². The van der Waals surface area contributed by atoms with Crippen molar-refractivity contribution in [3.63, 3.8) is 0 Å². The molecule has 0 saturated carbocycles. The number of carbonyl (C=O) groups is 4. The number of carbonyl (C=O) groups excluding carboxylic acids is 4. The molecular formula is C38H35N5O8S2. The Morgan fingerprint density at radius 2 is 1.60 bits per heavy atom. The number of nitrogens with one attached hydrogen (secondary N) is 1. The van der Waals surface area contributed by atoms with E-state index in [2.05, 4.69) is 22.0 Å². The number of ether oxygens (including phenoxy) is 3. The standard InChI is InChI=1S/C38H35N5O8S2/c1-4-24-21-52-34-30(33(45)43(34)31(24)35(46)49-23(3)50-37(47)48-5-2)41-32(44)29(28-22-53-36(39)40-28)42-51-38(25-15-9-6-10-16-25,26-17-11-7-12-18-26)27-19-13-8-14-20-27/h4,6-20,22-23,30,34H,1,5,21H2,2-3H3,(H2,39,40)(H,41,44)/t23?,30?,34-/m0/s1. The van der Waals surface area contributed by atoms with Crippen molar-refractivity contribution in [3.05, 3.63) is 143 Å². The molecule has 0 bridgehead atoms. The molecule has 6 rings (SSSR count). The Hall–Kier alpha value is -5.93. The molecule has 1 saturated heterocycles. The Kier molecular flexibility index (Phi) is 11.2. The van der Waals surface area contributed by atoms with Gasteiger partial charge < -0.3 is 30.1 Å². The van der Waals surface area contributed by atoms with Crippen molar-refractivity contribution in [3.8, 4) is 0 Å². The van der Waals surface area contributed by atoms with E-state index >= 15 is 0 Å². The topological polar surface area (TPSA) is 172 Å². The first-order chi connectivity index (χ1) is 25.7. The van der Waals surface area contributed by atoms with Crippen LogP contribution in [0.2, 0.25) is 0 Å². The molecule has 2 unspecified atom stereocenters. The monoisotopic (exact) mass is 753 g/mol. The predicted octanol–water partition coefficient (Wildman–Crippen LogP) is 5.34. The zero-order valence-corrected chi connectivity index (χ0v) is 30.3. The molecule has 3 atom stereocenters. The minimum Gasteiger partial charge on any atom is -0.435 e. The van der Waals surface area contributed by atoms with Crippen molar-refractivity contribution in [2.75, 3.05) is 18.1 Å². The highest BCUT2D eigenvalue weighted by atomic mass is 32.2. The molecule has 2 aliphatic heterocycles. The van der Waals surface area contributed by atoms with Crippen LogP contribution in [-0.2, 0) is 39.0 Å². The Bertz CT molecular complexity index is 1960. The summed E-state index contributed by atoms with van der Waals surface area (Å²) in [4.78, 5) is 65.1. The molecule has 53 heavy (non-hydrogen) atoms. The maximum atomic E-state index is 14.2. The molecule has 2 aliphatic rings. The summed E-state index contributed by atoms with van der Waals surface area (Å²) in [6.45, 7) is 6.79. The van der Waals surface area contributed by atoms with E-state index in [4.69, 9.17) is 24.8 Å². The molecule has 13 nitrogen and oxygen atoms in total. The van der Waals surface area contributed by atoms with E-state index in [1.807, 2.05) is 91.0 Å². The van der Waals surface area contributed by atoms with E-state index < -0.39 is 47.2 Å². The number of rotatable bonds is 13. The minimum atomic E-state index is -1.31. The molecule has 1 fully saturated rings. The van der Waals surface area contributed by atoms with E-state index in [1.54, 1.807) is 12.3 Å². The van der Waals surface area contributed by atoms with Crippen molar-refractivity contribution < 1.29 is 38.2 Å². The lowest BCUT2D eigenvalue weighted by atomic mass is 9.80. The molecule has 1 aromatic heterocycles. The van der Waals surface area contributed by atoms with Crippen LogP contribution in [0.25, 0.3) is 0 Å². The second kappa shape index (κ2) is 16.2. The summed E-state index contributed by atoms with van der Waals surface area (Å²) >= 11 is 2.43. The lowest BCUT2D eigenvalue weighted by Gasteiger charge is -2.49. The maximum absolute atomic E-state index is 14.2. The summed E-state index contributed by atoms with van der Waals surface area (Å²) in [5.41, 5.74) is 7.20. The predicted molar refractivity (Wildman–Crippen MR) is 199 cm³/mol. The first-order valence-electron chi connectivity index (χ1n) is 16.5. The molecule has 3 heterocycles. The number of esters is 1. The van der Waals surface area contributed by atoms with Gasteiger partial charge >= 0.3 is 12.1 Å². The van der Waals surface area contributed by atoms with Crippen molar-refractivity contribution >= 4 is 57.9 Å². The fourth-order valence-corrected chi connectivity index (χ4v) is 7.80. The number of oxime groups is 1. The number of fused-ring (bicyclic) bond motifs is 1. The number of nitrogen functional groups attached to an aromatic ring is 1. The van der Waals surface area contributed by atoms with E-state index in [0.29, 0.717) is 5.57 Å². The third-order valence-electron chi connectivity index (χ3n) is 8.32. The van der Waals surface area contributed by atoms with Crippen molar-refractivity contribution in [2.45, 2.75) is 37.2 Å². The maximum Gasteiger partial charge on any atom is 0.511 e. The van der Waals surface area contributed by atoms with Gasteiger partial charge in [-0.2, -0.15) is 0 Å². The number of amides is 2. The average Bonchev–Trinajstić information content (AvgIpc) is 3.61. The second-order valence-electron chi connectivity index (χ2n) is 11.6. The van der Waals surface area contributed by atoms with Gasteiger partial charge in [0.05, 0.1) is 6.61 Å². The largest absolute Gasteiger partial charge is 0.511 e. The van der Waals surface area contributed by atoms with Crippen molar-refractivity contribution in [2.24, 2.45) is 5.16 Å². The Balaban J connectivity index is 1.31. The molecule has 3 aromatic carbocycles. The van der Waals surface area contributed by atoms with Crippen LogP contribution in [-0.4, -0.2) is 69.6 Å². The minimum absolute atomic E-state index is 0.0681. The van der Waals surface area contributed by atoms with E-state index in [9.17, 15) is 19.2 Å². The highest BCUT2D eigenvalue weighted by Crippen LogP contribution is 2.42. The number of allylic oxidation sites excluding steroid dienone is 1. The Morgan fingerprint density at radius 1 is 1.02 bits per heavy atom. The van der Waals surface area contributed by atoms with Gasteiger partial charge in [-0.05, 0) is 12.5 Å². The number of hydrogen-bond donors (Lipinski definition) is 2. The second-order valence-corrected chi connectivity index (χ2v) is 13.6. The summed E-state index contributed by atoms with van der Waals surface area (Å²) in [6, 6.07) is 27.4. The number of thioether (sulfide) groups is 1. The molecule has 4 aromatic rings. The highest BCUT2D eigenvalue weighted by Gasteiger charge is 2.55. The summed E-state index contributed by atoms with van der Waals surface area (Å²) in [5, 5.41) is 8.36. The third kappa shape index (κ3) is 7.52. The van der Waals surface area contributed by atoms with Crippen LogP contribution < -0.4 is 11.1 Å². The van der Waals surface area contributed by atoms with Gasteiger partial charge in [0.1, 0.15) is 22.8 Å². The number of aromatic nitrogens is 1.